The Balaban J connectivity index is 1.94. The molecule has 0 aromatic heterocycles. The first-order valence-corrected chi connectivity index (χ1v) is 14.2. The molecule has 0 aliphatic carbocycles. The number of rotatable bonds is 10. The fourth-order valence-electron chi connectivity index (χ4n) is 3.68. The van der Waals surface area contributed by atoms with Gasteiger partial charge in [0.1, 0.15) is 25.8 Å². The molecule has 11 heteroatoms. The summed E-state index contributed by atoms with van der Waals surface area (Å²) in [6.07, 6.45) is 0. The Kier molecular flexibility index (Phi) is 9.24. The maximum atomic E-state index is 13.7. The number of fused-ring (bicyclic) bond motifs is 1. The highest BCUT2D eigenvalue weighted by Crippen LogP contribution is 2.35. The standard InChI is InChI=1S/C25H32BrN3O6S/c1-5-36(32,33)29(21-10-11-22-23(14-21)35-13-12-34-22)16-24(30)28(18(4)25(31)27-17(2)3)15-19-6-8-20(26)9-7-19/h6-11,14,17-18H,5,12-13,15-16H2,1-4H3,(H,27,31). The lowest BCUT2D eigenvalue weighted by Crippen LogP contribution is -2.52. The first kappa shape index (κ1) is 27.8. The average Bonchev–Trinajstić information content (AvgIpc) is 2.85. The van der Waals surface area contributed by atoms with Crippen molar-refractivity contribution >= 4 is 43.5 Å². The molecule has 9 nitrogen and oxygen atoms in total. The Bertz CT molecular complexity index is 1190. The highest BCUT2D eigenvalue weighted by molar-refractivity contribution is 9.10. The minimum absolute atomic E-state index is 0.112. The number of hydrogen-bond donors (Lipinski definition) is 1. The van der Waals surface area contributed by atoms with Crippen molar-refractivity contribution in [2.24, 2.45) is 0 Å². The maximum Gasteiger partial charge on any atom is 0.244 e. The van der Waals surface area contributed by atoms with Crippen molar-refractivity contribution in [1.82, 2.24) is 10.2 Å². The van der Waals surface area contributed by atoms with Crippen LogP contribution in [0.1, 0.15) is 33.3 Å². The van der Waals surface area contributed by atoms with Gasteiger partial charge in [-0.25, -0.2) is 8.42 Å². The second-order valence-corrected chi connectivity index (χ2v) is 11.8. The third-order valence-corrected chi connectivity index (χ3v) is 7.93. The highest BCUT2D eigenvalue weighted by atomic mass is 79.9. The molecule has 196 valence electrons. The van der Waals surface area contributed by atoms with Crippen LogP contribution in [0, 0.1) is 0 Å². The molecule has 36 heavy (non-hydrogen) atoms. The van der Waals surface area contributed by atoms with Gasteiger partial charge in [0.2, 0.25) is 21.8 Å². The smallest absolute Gasteiger partial charge is 0.244 e. The predicted molar refractivity (Wildman–Crippen MR) is 142 cm³/mol. The zero-order valence-electron chi connectivity index (χ0n) is 20.9. The third-order valence-electron chi connectivity index (χ3n) is 5.66. The molecule has 0 bridgehead atoms. The zero-order valence-corrected chi connectivity index (χ0v) is 23.3. The Morgan fingerprint density at radius 2 is 1.67 bits per heavy atom. The molecule has 2 aromatic rings. The Labute approximate surface area is 220 Å². The van der Waals surface area contributed by atoms with Crippen LogP contribution in [0.4, 0.5) is 5.69 Å². The van der Waals surface area contributed by atoms with Gasteiger partial charge in [0.25, 0.3) is 0 Å². The van der Waals surface area contributed by atoms with E-state index in [9.17, 15) is 18.0 Å². The molecule has 0 radical (unpaired) electrons. The molecule has 1 atom stereocenters. The summed E-state index contributed by atoms with van der Waals surface area (Å²) >= 11 is 3.40. The van der Waals surface area contributed by atoms with Crippen molar-refractivity contribution in [3.05, 3.63) is 52.5 Å². The molecule has 3 rings (SSSR count). The maximum absolute atomic E-state index is 13.7. The molecule has 1 heterocycles. The second-order valence-electron chi connectivity index (χ2n) is 8.72. The Morgan fingerprint density at radius 1 is 1.03 bits per heavy atom. The normalized spacial score (nSPS) is 13.7. The van der Waals surface area contributed by atoms with Crippen molar-refractivity contribution in [2.75, 3.05) is 29.8 Å². The van der Waals surface area contributed by atoms with Crippen LogP contribution in [0.2, 0.25) is 0 Å². The van der Waals surface area contributed by atoms with Crippen LogP contribution < -0.4 is 19.1 Å². The van der Waals surface area contributed by atoms with Crippen molar-refractivity contribution in [1.29, 1.82) is 0 Å². The summed E-state index contributed by atoms with van der Waals surface area (Å²) in [5, 5.41) is 2.83. The van der Waals surface area contributed by atoms with Crippen LogP contribution in [-0.4, -0.2) is 62.7 Å². The monoisotopic (exact) mass is 581 g/mol. The lowest BCUT2D eigenvalue weighted by molar-refractivity contribution is -0.139. The molecule has 0 fully saturated rings. The molecule has 0 saturated heterocycles. The van der Waals surface area contributed by atoms with E-state index in [0.717, 1.165) is 14.3 Å². The van der Waals surface area contributed by atoms with Crippen LogP contribution in [0.15, 0.2) is 46.9 Å². The van der Waals surface area contributed by atoms with Crippen LogP contribution in [0.25, 0.3) is 0 Å². The van der Waals surface area contributed by atoms with Crippen LogP contribution in [0.3, 0.4) is 0 Å². The molecular formula is C25H32BrN3O6S. The summed E-state index contributed by atoms with van der Waals surface area (Å²) in [6, 6.07) is 11.2. The Hall–Kier alpha value is -2.79. The predicted octanol–water partition coefficient (Wildman–Crippen LogP) is 3.32. The summed E-state index contributed by atoms with van der Waals surface area (Å²) in [6.45, 7) is 7.25. The van der Waals surface area contributed by atoms with Gasteiger partial charge in [-0.15, -0.1) is 0 Å². The number of amides is 2. The number of anilines is 1. The fourth-order valence-corrected chi connectivity index (χ4v) is 5.00. The minimum atomic E-state index is -3.83. The Morgan fingerprint density at radius 3 is 2.28 bits per heavy atom. The number of nitrogens with one attached hydrogen (secondary N) is 1. The zero-order chi connectivity index (χ0) is 26.5. The van der Waals surface area contributed by atoms with E-state index in [1.807, 2.05) is 38.1 Å². The van der Waals surface area contributed by atoms with E-state index in [4.69, 9.17) is 9.47 Å². The lowest BCUT2D eigenvalue weighted by atomic mass is 10.1. The van der Waals surface area contributed by atoms with Gasteiger partial charge in [-0.3, -0.25) is 13.9 Å². The van der Waals surface area contributed by atoms with E-state index in [1.165, 1.54) is 11.8 Å². The molecule has 1 aliphatic rings. The summed E-state index contributed by atoms with van der Waals surface area (Å²) in [4.78, 5) is 27.9. The number of carbonyl (C=O) groups is 2. The van der Waals surface area contributed by atoms with Gasteiger partial charge in [0, 0.05) is 23.1 Å². The molecule has 2 aromatic carbocycles. The van der Waals surface area contributed by atoms with Crippen molar-refractivity contribution < 1.29 is 27.5 Å². The molecular weight excluding hydrogens is 550 g/mol. The molecule has 0 spiro atoms. The van der Waals surface area contributed by atoms with Gasteiger partial charge < -0.3 is 19.7 Å². The van der Waals surface area contributed by atoms with Gasteiger partial charge in [0.05, 0.1) is 11.4 Å². The molecule has 1 N–H and O–H groups in total. The van der Waals surface area contributed by atoms with E-state index >= 15 is 0 Å². The van der Waals surface area contributed by atoms with E-state index in [2.05, 4.69) is 21.2 Å². The first-order chi connectivity index (χ1) is 17.0. The van der Waals surface area contributed by atoms with Gasteiger partial charge in [0.15, 0.2) is 11.5 Å². The van der Waals surface area contributed by atoms with Gasteiger partial charge in [-0.2, -0.15) is 0 Å². The van der Waals surface area contributed by atoms with Crippen LogP contribution in [-0.2, 0) is 26.2 Å². The summed E-state index contributed by atoms with van der Waals surface area (Å²) in [5.41, 5.74) is 1.09. The fraction of sp³-hybridized carbons (Fsp3) is 0.440. The van der Waals surface area contributed by atoms with Crippen LogP contribution in [0.5, 0.6) is 11.5 Å². The summed E-state index contributed by atoms with van der Waals surface area (Å²) < 4.78 is 39.2. The topological polar surface area (TPSA) is 105 Å². The van der Waals surface area contributed by atoms with Gasteiger partial charge in [-0.05, 0) is 57.5 Å². The average molecular weight is 583 g/mol. The van der Waals surface area contributed by atoms with E-state index in [-0.39, 0.29) is 29.9 Å². The number of ether oxygens (including phenoxy) is 2. The van der Waals surface area contributed by atoms with Crippen LogP contribution >= 0.6 is 15.9 Å². The SMILES string of the molecule is CCS(=O)(=O)N(CC(=O)N(Cc1ccc(Br)cc1)C(C)C(=O)NC(C)C)c1ccc2c(c1)OCCO2. The molecule has 1 unspecified atom stereocenters. The largest absolute Gasteiger partial charge is 0.486 e. The van der Waals surface area contributed by atoms with Crippen molar-refractivity contribution in [2.45, 2.75) is 46.3 Å². The van der Waals surface area contributed by atoms with E-state index in [1.54, 1.807) is 25.1 Å². The number of nitrogens with zero attached hydrogens (tertiary/aromatic N) is 2. The highest BCUT2D eigenvalue weighted by Gasteiger charge is 2.31. The molecule has 1 aliphatic heterocycles. The number of sulfonamides is 1. The number of carbonyl (C=O) groups excluding carboxylic acids is 2. The first-order valence-electron chi connectivity index (χ1n) is 11.8. The van der Waals surface area contributed by atoms with E-state index in [0.29, 0.717) is 24.7 Å². The van der Waals surface area contributed by atoms with Crippen molar-refractivity contribution in [3.63, 3.8) is 0 Å². The van der Waals surface area contributed by atoms with Gasteiger partial charge in [-0.1, -0.05) is 28.1 Å². The minimum Gasteiger partial charge on any atom is -0.486 e. The second kappa shape index (κ2) is 12.0. The van der Waals surface area contributed by atoms with Crippen molar-refractivity contribution in [3.8, 4) is 11.5 Å². The quantitative estimate of drug-likeness (QED) is 0.461. The molecule has 0 saturated carbocycles. The number of benzene rings is 2. The number of hydrogen-bond acceptors (Lipinski definition) is 6. The number of halogens is 1. The van der Waals surface area contributed by atoms with E-state index < -0.39 is 28.5 Å². The van der Waals surface area contributed by atoms with Gasteiger partial charge >= 0.3 is 0 Å². The lowest BCUT2D eigenvalue weighted by Gasteiger charge is -2.32. The molecule has 2 amide bonds. The summed E-state index contributed by atoms with van der Waals surface area (Å²) in [5.74, 6) is -0.0963. The third kappa shape index (κ3) is 6.91. The summed E-state index contributed by atoms with van der Waals surface area (Å²) in [7, 11) is -3.83.